The molecule has 1 aliphatic carbocycles. The highest BCUT2D eigenvalue weighted by Gasteiger charge is 2.54. The lowest BCUT2D eigenvalue weighted by Gasteiger charge is -2.37. The van der Waals surface area contributed by atoms with Gasteiger partial charge in [-0.3, -0.25) is 19.7 Å². The molecule has 1 saturated carbocycles. The average Bonchev–Trinajstić information content (AvgIpc) is 3.63. The van der Waals surface area contributed by atoms with Gasteiger partial charge in [0.25, 0.3) is 5.91 Å². The largest absolute Gasteiger partial charge is 0.494 e. The number of methoxy groups -OCH3 is 1. The summed E-state index contributed by atoms with van der Waals surface area (Å²) in [6.07, 6.45) is -1.97. The maximum Gasteiger partial charge on any atom is 0.409 e. The van der Waals surface area contributed by atoms with Crippen LogP contribution in [-0.2, 0) is 35.1 Å². The van der Waals surface area contributed by atoms with E-state index in [-0.39, 0.29) is 39.0 Å². The van der Waals surface area contributed by atoms with E-state index in [1.165, 1.54) is 23.8 Å². The standard InChI is InChI=1S/C41H54FN5O11S2/c1-26-34(59-25-44-26)28-7-5-27(6-8-28)23-43-36(49)32-21-29(48)24-47(32)37(50)35(46-38(51)41(42)11-12-41)40(2,3)60-20-19-57-16-15-55-13-14-56-17-18-58-30-9-10-31(45-39(52)53)33(22-30)54-4/h5-10,22,25,29,32,35,45,48H,11-21,23-24H2,1-4H3,(H,43,49)(H,46,51)(H,52,53)/t29-,32+,35-/m1/s1. The smallest absolute Gasteiger partial charge is 0.409 e. The van der Waals surface area contributed by atoms with Crippen LogP contribution in [-0.4, -0.2) is 138 Å². The molecular formula is C41H54FN5O11S2. The van der Waals surface area contributed by atoms with Gasteiger partial charge in [-0.15, -0.1) is 11.3 Å². The summed E-state index contributed by atoms with van der Waals surface area (Å²) in [5, 5.41) is 27.3. The van der Waals surface area contributed by atoms with Crippen molar-refractivity contribution in [1.82, 2.24) is 20.5 Å². The number of likely N-dealkylation sites (tertiary alicyclic amines) is 1. The molecule has 0 radical (unpaired) electrons. The van der Waals surface area contributed by atoms with Gasteiger partial charge in [0.1, 0.15) is 30.2 Å². The molecule has 1 aromatic heterocycles. The van der Waals surface area contributed by atoms with Gasteiger partial charge in [0.15, 0.2) is 5.67 Å². The normalized spacial score (nSPS) is 17.5. The molecule has 2 aromatic carbocycles. The van der Waals surface area contributed by atoms with Gasteiger partial charge >= 0.3 is 6.09 Å². The third-order valence-electron chi connectivity index (χ3n) is 9.96. The Kier molecular flexibility index (Phi) is 16.9. The van der Waals surface area contributed by atoms with Gasteiger partial charge in [0.05, 0.1) is 74.6 Å². The molecule has 0 spiro atoms. The number of nitrogens with zero attached hydrogens (tertiary/aromatic N) is 2. The molecule has 5 N–H and O–H groups in total. The van der Waals surface area contributed by atoms with E-state index in [0.29, 0.717) is 62.6 Å². The van der Waals surface area contributed by atoms with Crippen molar-refractivity contribution in [2.45, 2.75) is 75.2 Å². The van der Waals surface area contributed by atoms with E-state index in [1.54, 1.807) is 48.9 Å². The van der Waals surface area contributed by atoms with Crippen LogP contribution >= 0.6 is 23.1 Å². The summed E-state index contributed by atoms with van der Waals surface area (Å²) in [5.41, 5.74) is 2.90. The molecule has 19 heteroatoms. The summed E-state index contributed by atoms with van der Waals surface area (Å²) in [6, 6.07) is 10.3. The van der Waals surface area contributed by atoms with Crippen LogP contribution in [0, 0.1) is 6.92 Å². The van der Waals surface area contributed by atoms with Crippen LogP contribution < -0.4 is 25.4 Å². The molecule has 328 valence electrons. The second kappa shape index (κ2) is 21.8. The maximum atomic E-state index is 14.9. The van der Waals surface area contributed by atoms with Crippen molar-refractivity contribution in [3.8, 4) is 21.9 Å². The Balaban J connectivity index is 1.02. The molecule has 3 atom stereocenters. The van der Waals surface area contributed by atoms with Crippen LogP contribution in [0.1, 0.15) is 44.4 Å². The molecule has 3 aromatic rings. The van der Waals surface area contributed by atoms with E-state index in [4.69, 9.17) is 28.8 Å². The number of aromatic nitrogens is 1. The number of β-amino-alcohol motifs (C(OH)–C–C–N with tert-alkyl or cyclic N) is 1. The Morgan fingerprint density at radius 2 is 1.68 bits per heavy atom. The molecule has 2 heterocycles. The van der Waals surface area contributed by atoms with Gasteiger partial charge in [0, 0.05) is 36.1 Å². The van der Waals surface area contributed by atoms with Crippen LogP contribution in [0.5, 0.6) is 11.5 Å². The number of hydrogen-bond donors (Lipinski definition) is 5. The number of benzene rings is 2. The zero-order chi connectivity index (χ0) is 43.3. The zero-order valence-electron chi connectivity index (χ0n) is 34.2. The lowest BCUT2D eigenvalue weighted by molar-refractivity contribution is -0.143. The predicted octanol–water partition coefficient (Wildman–Crippen LogP) is 4.42. The van der Waals surface area contributed by atoms with Gasteiger partial charge in [0.2, 0.25) is 11.8 Å². The first-order valence-electron chi connectivity index (χ1n) is 19.6. The number of hydrogen-bond acceptors (Lipinski definition) is 13. The molecule has 0 bridgehead atoms. The highest BCUT2D eigenvalue weighted by molar-refractivity contribution is 8.00. The summed E-state index contributed by atoms with van der Waals surface area (Å²) in [6.45, 7) is 7.77. The number of thiazole rings is 1. The summed E-state index contributed by atoms with van der Waals surface area (Å²) in [7, 11) is 1.43. The monoisotopic (exact) mass is 875 g/mol. The first-order chi connectivity index (χ1) is 28.7. The van der Waals surface area contributed by atoms with Crippen LogP contribution in [0.25, 0.3) is 10.4 Å². The van der Waals surface area contributed by atoms with Crippen LogP contribution in [0.3, 0.4) is 0 Å². The molecule has 4 amide bonds. The highest BCUT2D eigenvalue weighted by Crippen LogP contribution is 2.41. The third-order valence-corrected chi connectivity index (χ3v) is 12.3. The Hall–Kier alpha value is -4.53. The van der Waals surface area contributed by atoms with Gasteiger partial charge in [-0.25, -0.2) is 14.2 Å². The minimum atomic E-state index is -2.03. The molecule has 2 fully saturated rings. The number of amides is 4. The molecule has 16 nitrogen and oxygen atoms in total. The number of anilines is 1. The number of rotatable bonds is 24. The van der Waals surface area contributed by atoms with Crippen molar-refractivity contribution >= 4 is 52.6 Å². The van der Waals surface area contributed by atoms with Crippen molar-refractivity contribution in [2.75, 3.05) is 71.0 Å². The molecule has 0 unspecified atom stereocenters. The van der Waals surface area contributed by atoms with Crippen molar-refractivity contribution in [3.63, 3.8) is 0 Å². The maximum absolute atomic E-state index is 14.9. The first kappa shape index (κ1) is 46.5. The third kappa shape index (κ3) is 13.2. The Labute approximate surface area is 356 Å². The molecule has 2 aliphatic rings. The number of carbonyl (C=O) groups is 4. The number of carboxylic acid groups (broad SMARTS) is 1. The number of aliphatic hydroxyl groups excluding tert-OH is 1. The van der Waals surface area contributed by atoms with Crippen LogP contribution in [0.15, 0.2) is 48.0 Å². The number of ether oxygens (including phenoxy) is 5. The van der Waals surface area contributed by atoms with E-state index >= 15 is 0 Å². The summed E-state index contributed by atoms with van der Waals surface area (Å²) in [5.74, 6) is -0.602. The van der Waals surface area contributed by atoms with E-state index < -0.39 is 52.4 Å². The van der Waals surface area contributed by atoms with Crippen molar-refractivity contribution < 1.29 is 57.5 Å². The second-order valence-corrected chi connectivity index (χ2v) is 17.5. The lowest BCUT2D eigenvalue weighted by Crippen LogP contribution is -2.61. The fourth-order valence-electron chi connectivity index (χ4n) is 6.45. The molecule has 1 aliphatic heterocycles. The number of halogens is 1. The summed E-state index contributed by atoms with van der Waals surface area (Å²) >= 11 is 2.92. The van der Waals surface area contributed by atoms with E-state index in [9.17, 15) is 28.7 Å². The Morgan fingerprint density at radius 3 is 2.30 bits per heavy atom. The minimum absolute atomic E-state index is 0.0286. The van der Waals surface area contributed by atoms with Crippen LogP contribution in [0.4, 0.5) is 14.9 Å². The zero-order valence-corrected chi connectivity index (χ0v) is 35.8. The fraction of sp³-hybridized carbons (Fsp3) is 0.537. The summed E-state index contributed by atoms with van der Waals surface area (Å²) in [4.78, 5) is 58.3. The van der Waals surface area contributed by atoms with Crippen molar-refractivity contribution in [2.24, 2.45) is 0 Å². The SMILES string of the molecule is COc1cc(OCCOCCOCCOCCSC(C)(C)[C@H](NC(=O)C2(F)CC2)C(=O)N2C[C@H](O)C[C@H]2C(=O)NCc2ccc(-c3scnc3C)cc2)ccc1NC(=O)O. The topological polar surface area (TPSA) is 207 Å². The first-order valence-corrected chi connectivity index (χ1v) is 21.5. The predicted molar refractivity (Wildman–Crippen MR) is 224 cm³/mol. The van der Waals surface area contributed by atoms with E-state index in [0.717, 1.165) is 21.7 Å². The molecule has 1 saturated heterocycles. The van der Waals surface area contributed by atoms with Crippen molar-refractivity contribution in [3.05, 3.63) is 59.2 Å². The number of nitrogens with one attached hydrogen (secondary N) is 3. The molecule has 5 rings (SSSR count). The quantitative estimate of drug-likeness (QED) is 0.0792. The van der Waals surface area contributed by atoms with E-state index in [1.807, 2.05) is 31.2 Å². The Morgan fingerprint density at radius 1 is 1.02 bits per heavy atom. The highest BCUT2D eigenvalue weighted by atomic mass is 32.2. The molecular weight excluding hydrogens is 822 g/mol. The van der Waals surface area contributed by atoms with Crippen molar-refractivity contribution in [1.29, 1.82) is 0 Å². The fourth-order valence-corrected chi connectivity index (χ4v) is 8.31. The molecule has 60 heavy (non-hydrogen) atoms. The minimum Gasteiger partial charge on any atom is -0.494 e. The number of carbonyl (C=O) groups excluding carboxylic acids is 3. The van der Waals surface area contributed by atoms with Gasteiger partial charge < -0.3 is 49.4 Å². The number of aliphatic hydroxyl groups is 1. The lowest BCUT2D eigenvalue weighted by atomic mass is 10.00. The average molecular weight is 876 g/mol. The van der Waals surface area contributed by atoms with Gasteiger partial charge in [-0.1, -0.05) is 24.3 Å². The Bertz CT molecular complexity index is 1910. The second-order valence-electron chi connectivity index (χ2n) is 14.9. The van der Waals surface area contributed by atoms with Gasteiger partial charge in [-0.05, 0) is 56.9 Å². The van der Waals surface area contributed by atoms with E-state index in [2.05, 4.69) is 20.9 Å². The van der Waals surface area contributed by atoms with Crippen LogP contribution in [0.2, 0.25) is 0 Å². The van der Waals surface area contributed by atoms with Gasteiger partial charge in [-0.2, -0.15) is 11.8 Å². The number of alkyl halides is 1. The summed E-state index contributed by atoms with van der Waals surface area (Å²) < 4.78 is 41.6. The number of thioether (sulfide) groups is 1. The number of aryl methyl sites for hydroxylation is 1.